The van der Waals surface area contributed by atoms with Crippen LogP contribution in [-0.4, -0.2) is 24.8 Å². The Morgan fingerprint density at radius 3 is 3.05 bits per heavy atom. The lowest BCUT2D eigenvalue weighted by atomic mass is 9.91. The Balaban J connectivity index is 2.04. The number of amides is 2. The first-order chi connectivity index (χ1) is 9.00. The van der Waals surface area contributed by atoms with Gasteiger partial charge in [0.25, 0.3) is 0 Å². The first-order valence-electron chi connectivity index (χ1n) is 6.01. The first kappa shape index (κ1) is 11.8. The molecular formula is C13H14N2O4. The number of hydrogen-bond donors (Lipinski definition) is 2. The molecule has 6 nitrogen and oxygen atoms in total. The van der Waals surface area contributed by atoms with Gasteiger partial charge in [0, 0.05) is 12.0 Å². The minimum atomic E-state index is -0.702. The smallest absolute Gasteiger partial charge is 0.337 e. The third-order valence-corrected chi connectivity index (χ3v) is 3.42. The summed E-state index contributed by atoms with van der Waals surface area (Å²) in [6.45, 7) is 1.83. The van der Waals surface area contributed by atoms with E-state index in [2.05, 4.69) is 10.6 Å². The van der Waals surface area contributed by atoms with Crippen LogP contribution in [0.1, 0.15) is 35.3 Å². The maximum Gasteiger partial charge on any atom is 0.337 e. The molecule has 2 aliphatic rings. The van der Waals surface area contributed by atoms with Crippen LogP contribution in [0.3, 0.4) is 0 Å². The highest BCUT2D eigenvalue weighted by atomic mass is 16.5. The molecule has 0 aromatic heterocycles. The molecule has 0 spiro atoms. The van der Waals surface area contributed by atoms with Crippen molar-refractivity contribution in [3.8, 4) is 5.75 Å². The lowest BCUT2D eigenvalue weighted by molar-refractivity contribution is 0.0118. The molecular weight excluding hydrogens is 248 g/mol. The molecule has 1 aromatic rings. The molecule has 2 amide bonds. The third-order valence-electron chi connectivity index (χ3n) is 3.42. The zero-order valence-electron chi connectivity index (χ0n) is 10.6. The predicted octanol–water partition coefficient (Wildman–Crippen LogP) is 1.33. The highest BCUT2D eigenvalue weighted by molar-refractivity contribution is 5.90. The van der Waals surface area contributed by atoms with Gasteiger partial charge in [0.2, 0.25) is 0 Å². The van der Waals surface area contributed by atoms with Crippen LogP contribution >= 0.6 is 0 Å². The number of rotatable bonds is 1. The van der Waals surface area contributed by atoms with E-state index in [9.17, 15) is 9.59 Å². The molecule has 0 unspecified atom stereocenters. The fraction of sp³-hybridized carbons (Fsp3) is 0.385. The molecule has 2 bridgehead atoms. The number of benzene rings is 1. The maximum atomic E-state index is 11.6. The quantitative estimate of drug-likeness (QED) is 0.748. The van der Waals surface area contributed by atoms with Crippen molar-refractivity contribution in [1.82, 2.24) is 10.6 Å². The molecule has 2 N–H and O–H groups in total. The molecule has 1 saturated heterocycles. The molecule has 0 saturated carbocycles. The van der Waals surface area contributed by atoms with Crippen LogP contribution in [0.2, 0.25) is 0 Å². The largest absolute Gasteiger partial charge is 0.468 e. The van der Waals surface area contributed by atoms with E-state index in [1.54, 1.807) is 18.2 Å². The maximum absolute atomic E-state index is 11.6. The third kappa shape index (κ3) is 1.89. The molecule has 100 valence electrons. The van der Waals surface area contributed by atoms with E-state index in [-0.39, 0.29) is 12.1 Å². The van der Waals surface area contributed by atoms with Crippen molar-refractivity contribution in [3.63, 3.8) is 0 Å². The summed E-state index contributed by atoms with van der Waals surface area (Å²) in [4.78, 5) is 23.1. The van der Waals surface area contributed by atoms with Crippen molar-refractivity contribution in [2.24, 2.45) is 0 Å². The second-order valence-electron chi connectivity index (χ2n) is 4.93. The van der Waals surface area contributed by atoms with Crippen LogP contribution < -0.4 is 15.4 Å². The minimum absolute atomic E-state index is 0.160. The van der Waals surface area contributed by atoms with Gasteiger partial charge in [-0.2, -0.15) is 0 Å². The summed E-state index contributed by atoms with van der Waals surface area (Å²) in [6.07, 6.45) is 0.608. The monoisotopic (exact) mass is 262 g/mol. The SMILES string of the molecule is COC(=O)c1ccc2c(c1)[C@@H]1C[C@@](C)(NC(=O)N1)O2. The lowest BCUT2D eigenvalue weighted by Gasteiger charge is -2.44. The number of carbonyl (C=O) groups excluding carboxylic acids is 2. The van der Waals surface area contributed by atoms with Crippen LogP contribution in [0.25, 0.3) is 0 Å². The van der Waals surface area contributed by atoms with Crippen LogP contribution in [0.15, 0.2) is 18.2 Å². The van der Waals surface area contributed by atoms with Gasteiger partial charge < -0.3 is 20.1 Å². The number of fused-ring (bicyclic) bond motifs is 4. The van der Waals surface area contributed by atoms with E-state index in [4.69, 9.17) is 9.47 Å². The van der Waals surface area contributed by atoms with Gasteiger partial charge in [-0.05, 0) is 25.1 Å². The molecule has 2 atom stereocenters. The van der Waals surface area contributed by atoms with Crippen molar-refractivity contribution in [1.29, 1.82) is 0 Å². The van der Waals surface area contributed by atoms with Crippen LogP contribution in [-0.2, 0) is 4.74 Å². The van der Waals surface area contributed by atoms with E-state index < -0.39 is 11.7 Å². The van der Waals surface area contributed by atoms with Crippen molar-refractivity contribution >= 4 is 12.0 Å². The molecule has 2 heterocycles. The van der Waals surface area contributed by atoms with Gasteiger partial charge in [-0.1, -0.05) is 0 Å². The second-order valence-corrected chi connectivity index (χ2v) is 4.93. The Kier molecular flexibility index (Phi) is 2.41. The second kappa shape index (κ2) is 3.88. The predicted molar refractivity (Wildman–Crippen MR) is 65.8 cm³/mol. The topological polar surface area (TPSA) is 76.7 Å². The molecule has 2 aliphatic heterocycles. The van der Waals surface area contributed by atoms with Crippen molar-refractivity contribution < 1.29 is 19.1 Å². The highest BCUT2D eigenvalue weighted by Gasteiger charge is 2.43. The Labute approximate surface area is 110 Å². The van der Waals surface area contributed by atoms with E-state index in [1.165, 1.54) is 7.11 Å². The average molecular weight is 262 g/mol. The van der Waals surface area contributed by atoms with Gasteiger partial charge in [0.05, 0.1) is 18.7 Å². The molecule has 6 heteroatoms. The van der Waals surface area contributed by atoms with Gasteiger partial charge in [-0.3, -0.25) is 0 Å². The molecule has 19 heavy (non-hydrogen) atoms. The van der Waals surface area contributed by atoms with Crippen LogP contribution in [0, 0.1) is 0 Å². The van der Waals surface area contributed by atoms with E-state index in [0.717, 1.165) is 5.56 Å². The van der Waals surface area contributed by atoms with Gasteiger partial charge >= 0.3 is 12.0 Å². The van der Waals surface area contributed by atoms with Gasteiger partial charge in [0.1, 0.15) is 5.75 Å². The summed E-state index contributed by atoms with van der Waals surface area (Å²) in [6, 6.07) is 4.65. The number of urea groups is 1. The number of esters is 1. The fourth-order valence-corrected chi connectivity index (χ4v) is 2.58. The Bertz CT molecular complexity index is 572. The van der Waals surface area contributed by atoms with Gasteiger partial charge in [-0.15, -0.1) is 0 Å². The molecule has 1 aromatic carbocycles. The zero-order chi connectivity index (χ0) is 13.6. The molecule has 3 rings (SSSR count). The van der Waals surface area contributed by atoms with E-state index in [1.807, 2.05) is 6.92 Å². The van der Waals surface area contributed by atoms with Gasteiger partial charge in [-0.25, -0.2) is 9.59 Å². The fourth-order valence-electron chi connectivity index (χ4n) is 2.58. The van der Waals surface area contributed by atoms with E-state index >= 15 is 0 Å². The molecule has 0 radical (unpaired) electrons. The molecule has 0 aliphatic carbocycles. The van der Waals surface area contributed by atoms with E-state index in [0.29, 0.717) is 17.7 Å². The minimum Gasteiger partial charge on any atom is -0.468 e. The van der Waals surface area contributed by atoms with Crippen LogP contribution in [0.4, 0.5) is 4.79 Å². The number of methoxy groups -OCH3 is 1. The summed E-state index contributed by atoms with van der Waals surface area (Å²) in [5.74, 6) is 0.260. The summed E-state index contributed by atoms with van der Waals surface area (Å²) in [5.41, 5.74) is 0.545. The summed E-state index contributed by atoms with van der Waals surface area (Å²) < 4.78 is 10.5. The Morgan fingerprint density at radius 2 is 2.32 bits per heavy atom. The lowest BCUT2D eigenvalue weighted by Crippen LogP contribution is -2.62. The summed E-state index contributed by atoms with van der Waals surface area (Å²) >= 11 is 0. The Hall–Kier alpha value is -2.24. The first-order valence-corrected chi connectivity index (χ1v) is 6.01. The van der Waals surface area contributed by atoms with Crippen LogP contribution in [0.5, 0.6) is 5.75 Å². The van der Waals surface area contributed by atoms with Crippen molar-refractivity contribution in [3.05, 3.63) is 29.3 Å². The number of carbonyl (C=O) groups is 2. The van der Waals surface area contributed by atoms with Crippen molar-refractivity contribution in [2.75, 3.05) is 7.11 Å². The van der Waals surface area contributed by atoms with Crippen molar-refractivity contribution in [2.45, 2.75) is 25.1 Å². The number of hydrogen-bond acceptors (Lipinski definition) is 4. The Morgan fingerprint density at radius 1 is 1.53 bits per heavy atom. The number of nitrogens with one attached hydrogen (secondary N) is 2. The normalized spacial score (nSPS) is 27.5. The summed E-state index contributed by atoms with van der Waals surface area (Å²) in [7, 11) is 1.33. The zero-order valence-corrected chi connectivity index (χ0v) is 10.6. The average Bonchev–Trinajstić information content (AvgIpc) is 2.36. The van der Waals surface area contributed by atoms with Gasteiger partial charge in [0.15, 0.2) is 5.72 Å². The highest BCUT2D eigenvalue weighted by Crippen LogP contribution is 2.40. The molecule has 1 fully saturated rings. The standard InChI is InChI=1S/C13H14N2O4/c1-13-6-9(14-12(17)15-13)8-5-7(11(16)18-2)3-4-10(8)19-13/h3-5,9H,6H2,1-2H3,(H2,14,15,17)/t9-,13-/m0/s1. The number of ether oxygens (including phenoxy) is 2. The summed E-state index contributed by atoms with van der Waals surface area (Å²) in [5, 5.41) is 5.58.